The summed E-state index contributed by atoms with van der Waals surface area (Å²) in [7, 11) is 0. The molecule has 0 saturated carbocycles. The number of hydrogen-bond acceptors (Lipinski definition) is 3. The molecule has 108 valence electrons. The van der Waals surface area contributed by atoms with E-state index in [-0.39, 0.29) is 12.1 Å². The van der Waals surface area contributed by atoms with Gasteiger partial charge in [0.2, 0.25) is 0 Å². The monoisotopic (exact) mass is 277 g/mol. The highest BCUT2D eigenvalue weighted by molar-refractivity contribution is 5.27. The summed E-state index contributed by atoms with van der Waals surface area (Å²) in [5, 5.41) is 9.77. The van der Waals surface area contributed by atoms with Crippen LogP contribution in [0.5, 0.6) is 0 Å². The van der Waals surface area contributed by atoms with E-state index >= 15 is 0 Å². The molecule has 1 unspecified atom stereocenters. The Morgan fingerprint density at radius 3 is 2.58 bits per heavy atom. The third kappa shape index (κ3) is 5.59. The van der Waals surface area contributed by atoms with E-state index in [1.807, 2.05) is 13.8 Å². The van der Waals surface area contributed by atoms with Crippen LogP contribution in [0.1, 0.15) is 31.1 Å². The van der Waals surface area contributed by atoms with Crippen LogP contribution in [0.2, 0.25) is 0 Å². The van der Waals surface area contributed by atoms with Gasteiger partial charge in [-0.2, -0.15) is 18.7 Å². The maximum absolute atomic E-state index is 12.5. The molecule has 0 bridgehead atoms. The number of hydrogen-bond donors (Lipinski definition) is 2. The van der Waals surface area contributed by atoms with E-state index in [1.165, 1.54) is 12.1 Å². The van der Waals surface area contributed by atoms with Crippen molar-refractivity contribution in [3.8, 4) is 0 Å². The van der Waals surface area contributed by atoms with Crippen molar-refractivity contribution in [1.82, 2.24) is 5.48 Å². The number of alkyl halides is 3. The minimum Gasteiger partial charge on any atom is -0.387 e. The van der Waals surface area contributed by atoms with Gasteiger partial charge in [-0.05, 0) is 23.6 Å². The van der Waals surface area contributed by atoms with Crippen LogP contribution in [-0.4, -0.2) is 18.3 Å². The molecule has 0 aliphatic carbocycles. The van der Waals surface area contributed by atoms with E-state index in [0.717, 1.165) is 12.1 Å². The highest BCUT2D eigenvalue weighted by atomic mass is 19.4. The Kier molecular flexibility index (Phi) is 5.78. The number of rotatable bonds is 6. The van der Waals surface area contributed by atoms with E-state index in [9.17, 15) is 18.3 Å². The maximum atomic E-state index is 12.5. The zero-order valence-electron chi connectivity index (χ0n) is 10.9. The average molecular weight is 277 g/mol. The molecule has 0 amide bonds. The lowest BCUT2D eigenvalue weighted by molar-refractivity contribution is -0.137. The van der Waals surface area contributed by atoms with Crippen molar-refractivity contribution >= 4 is 0 Å². The van der Waals surface area contributed by atoms with Gasteiger partial charge in [-0.3, -0.25) is 0 Å². The summed E-state index contributed by atoms with van der Waals surface area (Å²) in [6.45, 7) is 4.43. The van der Waals surface area contributed by atoms with E-state index in [1.54, 1.807) is 0 Å². The molecule has 0 radical (unpaired) electrons. The highest BCUT2D eigenvalue weighted by Gasteiger charge is 2.30. The lowest BCUT2D eigenvalue weighted by Crippen LogP contribution is -2.24. The summed E-state index contributed by atoms with van der Waals surface area (Å²) in [5.74, 6) is 0.332. The number of benzene rings is 1. The van der Waals surface area contributed by atoms with E-state index < -0.39 is 17.8 Å². The van der Waals surface area contributed by atoms with Crippen LogP contribution in [0.25, 0.3) is 0 Å². The number of nitrogens with one attached hydrogen (secondary N) is 1. The quantitative estimate of drug-likeness (QED) is 0.620. The molecule has 6 heteroatoms. The highest BCUT2D eigenvalue weighted by Crippen LogP contribution is 2.30. The van der Waals surface area contributed by atoms with E-state index in [2.05, 4.69) is 5.48 Å². The SMILES string of the molecule is CC(C)CONCC(O)c1cccc(C(F)(F)F)c1. The van der Waals surface area contributed by atoms with Crippen molar-refractivity contribution in [3.63, 3.8) is 0 Å². The van der Waals surface area contributed by atoms with Crippen molar-refractivity contribution < 1.29 is 23.1 Å². The van der Waals surface area contributed by atoms with Crippen LogP contribution in [0.4, 0.5) is 13.2 Å². The van der Waals surface area contributed by atoms with Gasteiger partial charge in [0.25, 0.3) is 0 Å². The molecule has 3 nitrogen and oxygen atoms in total. The Balaban J connectivity index is 2.55. The largest absolute Gasteiger partial charge is 0.416 e. The summed E-state index contributed by atoms with van der Waals surface area (Å²) in [5.41, 5.74) is 1.97. The topological polar surface area (TPSA) is 41.5 Å². The Bertz CT molecular complexity index is 394. The Morgan fingerprint density at radius 2 is 2.00 bits per heavy atom. The zero-order chi connectivity index (χ0) is 14.5. The Morgan fingerprint density at radius 1 is 1.32 bits per heavy atom. The van der Waals surface area contributed by atoms with Gasteiger partial charge in [-0.25, -0.2) is 0 Å². The van der Waals surface area contributed by atoms with Gasteiger partial charge in [0.1, 0.15) is 0 Å². The molecule has 0 heterocycles. The molecule has 0 saturated heterocycles. The fraction of sp³-hybridized carbons (Fsp3) is 0.538. The normalized spacial score (nSPS) is 13.8. The molecule has 0 spiro atoms. The van der Waals surface area contributed by atoms with Crippen LogP contribution in [0.15, 0.2) is 24.3 Å². The Hall–Kier alpha value is -1.11. The van der Waals surface area contributed by atoms with E-state index in [4.69, 9.17) is 4.84 Å². The fourth-order valence-electron chi connectivity index (χ4n) is 1.40. The molecule has 0 fully saturated rings. The number of hydroxylamine groups is 1. The van der Waals surface area contributed by atoms with Crippen LogP contribution in [-0.2, 0) is 11.0 Å². The van der Waals surface area contributed by atoms with Crippen molar-refractivity contribution in [3.05, 3.63) is 35.4 Å². The fourth-order valence-corrected chi connectivity index (χ4v) is 1.40. The van der Waals surface area contributed by atoms with Crippen LogP contribution in [0.3, 0.4) is 0 Å². The summed E-state index contributed by atoms with van der Waals surface area (Å²) in [4.78, 5) is 5.05. The van der Waals surface area contributed by atoms with Crippen molar-refractivity contribution in [1.29, 1.82) is 0 Å². The first-order valence-electron chi connectivity index (χ1n) is 6.00. The van der Waals surface area contributed by atoms with Gasteiger partial charge < -0.3 is 9.94 Å². The molecular weight excluding hydrogens is 259 g/mol. The van der Waals surface area contributed by atoms with Crippen molar-refractivity contribution in [2.24, 2.45) is 5.92 Å². The second kappa shape index (κ2) is 6.88. The molecule has 1 aromatic rings. The standard InChI is InChI=1S/C13H18F3NO2/c1-9(2)8-19-17-7-12(18)10-4-3-5-11(6-10)13(14,15)16/h3-6,9,12,17-18H,7-8H2,1-2H3. The molecule has 0 aliphatic rings. The second-order valence-electron chi connectivity index (χ2n) is 4.69. The van der Waals surface area contributed by atoms with Gasteiger partial charge in [0.05, 0.1) is 24.8 Å². The van der Waals surface area contributed by atoms with Gasteiger partial charge in [0, 0.05) is 0 Å². The van der Waals surface area contributed by atoms with Gasteiger partial charge >= 0.3 is 6.18 Å². The zero-order valence-corrected chi connectivity index (χ0v) is 10.9. The molecule has 19 heavy (non-hydrogen) atoms. The third-order valence-corrected chi connectivity index (χ3v) is 2.39. The number of aliphatic hydroxyl groups excluding tert-OH is 1. The molecule has 1 rings (SSSR count). The number of aliphatic hydroxyl groups is 1. The van der Waals surface area contributed by atoms with Gasteiger partial charge in [0.15, 0.2) is 0 Å². The van der Waals surface area contributed by atoms with Gasteiger partial charge in [-0.15, -0.1) is 0 Å². The third-order valence-electron chi connectivity index (χ3n) is 2.39. The summed E-state index contributed by atoms with van der Waals surface area (Å²) in [6, 6.07) is 4.63. The van der Waals surface area contributed by atoms with Gasteiger partial charge in [-0.1, -0.05) is 26.0 Å². The molecule has 0 aliphatic heterocycles. The minimum absolute atomic E-state index is 0.0357. The predicted molar refractivity (Wildman–Crippen MR) is 65.2 cm³/mol. The van der Waals surface area contributed by atoms with Crippen LogP contribution < -0.4 is 5.48 Å². The predicted octanol–water partition coefficient (Wildman–Crippen LogP) is 2.92. The van der Waals surface area contributed by atoms with Crippen molar-refractivity contribution in [2.75, 3.05) is 13.2 Å². The molecule has 0 aromatic heterocycles. The summed E-state index contributed by atoms with van der Waals surface area (Å²) < 4.78 is 37.5. The lowest BCUT2D eigenvalue weighted by Gasteiger charge is -2.15. The average Bonchev–Trinajstić information content (AvgIpc) is 2.33. The van der Waals surface area contributed by atoms with Crippen LogP contribution in [0, 0.1) is 5.92 Å². The Labute approximate surface area is 110 Å². The molecule has 1 atom stereocenters. The molecule has 2 N–H and O–H groups in total. The first kappa shape index (κ1) is 15.9. The minimum atomic E-state index is -4.41. The first-order chi connectivity index (χ1) is 8.80. The maximum Gasteiger partial charge on any atom is 0.416 e. The smallest absolute Gasteiger partial charge is 0.387 e. The van der Waals surface area contributed by atoms with Crippen LogP contribution >= 0.6 is 0 Å². The molecular formula is C13H18F3NO2. The summed E-state index contributed by atoms with van der Waals surface area (Å²) >= 11 is 0. The number of halogens is 3. The van der Waals surface area contributed by atoms with Crippen molar-refractivity contribution in [2.45, 2.75) is 26.1 Å². The molecule has 1 aromatic carbocycles. The summed E-state index contributed by atoms with van der Waals surface area (Å²) in [6.07, 6.45) is -5.45. The van der Waals surface area contributed by atoms with E-state index in [0.29, 0.717) is 12.5 Å². The second-order valence-corrected chi connectivity index (χ2v) is 4.69. The first-order valence-corrected chi connectivity index (χ1v) is 6.00. The lowest BCUT2D eigenvalue weighted by atomic mass is 10.1.